The quantitative estimate of drug-likeness (QED) is 0.733. The average Bonchev–Trinajstić information content (AvgIpc) is 2.23. The monoisotopic (exact) mass is 278 g/mol. The first-order valence-corrected chi connectivity index (χ1v) is 7.64. The van der Waals surface area contributed by atoms with Gasteiger partial charge in [-0.15, -0.1) is 0 Å². The second-order valence-electron chi connectivity index (χ2n) is 4.31. The van der Waals surface area contributed by atoms with Gasteiger partial charge in [0.25, 0.3) is 0 Å². The van der Waals surface area contributed by atoms with E-state index < -0.39 is 27.9 Å². The van der Waals surface area contributed by atoms with Gasteiger partial charge in [0.05, 0.1) is 11.5 Å². The molecule has 2 amide bonds. The fraction of sp³-hybridized carbons (Fsp3) is 0.800. The highest BCUT2D eigenvalue weighted by Crippen LogP contribution is 2.12. The number of aliphatic carboxylic acids is 1. The fourth-order valence-electron chi connectivity index (χ4n) is 1.89. The van der Waals surface area contributed by atoms with Crippen molar-refractivity contribution in [3.8, 4) is 0 Å². The van der Waals surface area contributed by atoms with Gasteiger partial charge in [0, 0.05) is 12.6 Å². The van der Waals surface area contributed by atoms with Gasteiger partial charge in [0.15, 0.2) is 9.84 Å². The first-order chi connectivity index (χ1) is 8.34. The van der Waals surface area contributed by atoms with E-state index in [1.165, 1.54) is 0 Å². The molecule has 18 heavy (non-hydrogen) atoms. The first-order valence-electron chi connectivity index (χ1n) is 5.81. The van der Waals surface area contributed by atoms with Gasteiger partial charge in [-0.25, -0.2) is 13.2 Å². The van der Waals surface area contributed by atoms with Crippen molar-refractivity contribution in [1.29, 1.82) is 0 Å². The first kappa shape index (κ1) is 14.7. The number of carboxylic acid groups (broad SMARTS) is 1. The van der Waals surface area contributed by atoms with Crippen LogP contribution in [0.15, 0.2) is 0 Å². The van der Waals surface area contributed by atoms with Crippen LogP contribution in [0.3, 0.4) is 0 Å². The fourth-order valence-corrected chi connectivity index (χ4v) is 3.53. The molecule has 0 aliphatic carbocycles. The van der Waals surface area contributed by atoms with E-state index in [1.807, 2.05) is 0 Å². The molecule has 0 saturated carbocycles. The Kier molecular flexibility index (Phi) is 4.94. The predicted molar refractivity (Wildman–Crippen MR) is 65.1 cm³/mol. The van der Waals surface area contributed by atoms with Crippen LogP contribution >= 0.6 is 0 Å². The third-order valence-corrected chi connectivity index (χ3v) is 4.61. The second-order valence-corrected chi connectivity index (χ2v) is 6.54. The molecule has 1 saturated heterocycles. The minimum Gasteiger partial charge on any atom is -0.480 e. The Bertz CT molecular complexity index is 420. The number of carbonyl (C=O) groups excluding carboxylic acids is 1. The van der Waals surface area contributed by atoms with Gasteiger partial charge in [-0.1, -0.05) is 0 Å². The van der Waals surface area contributed by atoms with Crippen molar-refractivity contribution in [3.05, 3.63) is 0 Å². The largest absolute Gasteiger partial charge is 0.480 e. The molecular weight excluding hydrogens is 260 g/mol. The highest BCUT2D eigenvalue weighted by Gasteiger charge is 2.27. The Morgan fingerprint density at radius 3 is 2.61 bits per heavy atom. The van der Waals surface area contributed by atoms with Crippen molar-refractivity contribution < 1.29 is 23.1 Å². The van der Waals surface area contributed by atoms with Gasteiger partial charge in [-0.05, 0) is 19.8 Å². The van der Waals surface area contributed by atoms with Gasteiger partial charge in [0.1, 0.15) is 6.54 Å². The number of sulfone groups is 1. The molecular formula is C10H18N2O5S. The highest BCUT2D eigenvalue weighted by molar-refractivity contribution is 7.91. The Morgan fingerprint density at radius 2 is 2.11 bits per heavy atom. The summed E-state index contributed by atoms with van der Waals surface area (Å²) in [4.78, 5) is 23.4. The van der Waals surface area contributed by atoms with E-state index in [-0.39, 0.29) is 24.6 Å². The number of rotatable bonds is 4. The highest BCUT2D eigenvalue weighted by atomic mass is 32.2. The molecule has 1 fully saturated rings. The van der Waals surface area contributed by atoms with Crippen LogP contribution in [0.2, 0.25) is 0 Å². The summed E-state index contributed by atoms with van der Waals surface area (Å²) in [6, 6.07) is -0.943. The molecule has 7 nitrogen and oxygen atoms in total. The maximum Gasteiger partial charge on any atom is 0.323 e. The van der Waals surface area contributed by atoms with Crippen LogP contribution < -0.4 is 5.32 Å². The smallest absolute Gasteiger partial charge is 0.323 e. The van der Waals surface area contributed by atoms with E-state index in [0.717, 1.165) is 4.90 Å². The number of carboxylic acids is 1. The van der Waals surface area contributed by atoms with E-state index in [1.54, 1.807) is 6.92 Å². The molecule has 1 rings (SSSR count). The van der Waals surface area contributed by atoms with Crippen LogP contribution in [-0.4, -0.2) is 61.1 Å². The number of amides is 2. The maximum absolute atomic E-state index is 11.7. The molecule has 0 aromatic heterocycles. The Hall–Kier alpha value is -1.31. The molecule has 1 atom stereocenters. The van der Waals surface area contributed by atoms with Crippen molar-refractivity contribution in [2.45, 2.75) is 25.8 Å². The van der Waals surface area contributed by atoms with E-state index in [4.69, 9.17) is 5.11 Å². The minimum absolute atomic E-state index is 0.0661. The maximum atomic E-state index is 11.7. The molecule has 0 radical (unpaired) electrons. The van der Waals surface area contributed by atoms with Crippen molar-refractivity contribution in [2.75, 3.05) is 24.6 Å². The predicted octanol–water partition coefficient (Wildman–Crippen LogP) is -0.320. The van der Waals surface area contributed by atoms with E-state index in [9.17, 15) is 18.0 Å². The van der Waals surface area contributed by atoms with Crippen LogP contribution in [0.5, 0.6) is 0 Å². The number of hydrogen-bond acceptors (Lipinski definition) is 4. The summed E-state index contributed by atoms with van der Waals surface area (Å²) in [7, 11) is -3.08. The summed E-state index contributed by atoms with van der Waals surface area (Å²) in [5.74, 6) is -1.00. The molecule has 8 heteroatoms. The molecule has 1 unspecified atom stereocenters. The lowest BCUT2D eigenvalue weighted by atomic mass is 10.2. The number of nitrogens with zero attached hydrogens (tertiary/aromatic N) is 1. The lowest BCUT2D eigenvalue weighted by Crippen LogP contribution is -2.50. The van der Waals surface area contributed by atoms with E-state index >= 15 is 0 Å². The van der Waals surface area contributed by atoms with Crippen molar-refractivity contribution in [2.24, 2.45) is 0 Å². The lowest BCUT2D eigenvalue weighted by Gasteiger charge is -2.26. The number of urea groups is 1. The van der Waals surface area contributed by atoms with Crippen LogP contribution in [0, 0.1) is 0 Å². The van der Waals surface area contributed by atoms with Crippen LogP contribution in [0.25, 0.3) is 0 Å². The third-order valence-electron chi connectivity index (χ3n) is 2.79. The molecule has 1 aliphatic rings. The van der Waals surface area contributed by atoms with Crippen LogP contribution in [-0.2, 0) is 14.6 Å². The molecule has 1 heterocycles. The lowest BCUT2D eigenvalue weighted by molar-refractivity contribution is -0.137. The van der Waals surface area contributed by atoms with Crippen molar-refractivity contribution >= 4 is 21.8 Å². The molecule has 0 aromatic rings. The molecule has 1 aliphatic heterocycles. The summed E-state index contributed by atoms with van der Waals surface area (Å²) in [5, 5.41) is 11.2. The number of carbonyl (C=O) groups is 2. The Morgan fingerprint density at radius 1 is 1.44 bits per heavy atom. The van der Waals surface area contributed by atoms with Gasteiger partial charge < -0.3 is 15.3 Å². The van der Waals surface area contributed by atoms with E-state index in [2.05, 4.69) is 5.32 Å². The van der Waals surface area contributed by atoms with Crippen molar-refractivity contribution in [3.63, 3.8) is 0 Å². The second kappa shape index (κ2) is 6.03. The van der Waals surface area contributed by atoms with Gasteiger partial charge in [-0.3, -0.25) is 4.79 Å². The summed E-state index contributed by atoms with van der Waals surface area (Å²) < 4.78 is 22.8. The minimum atomic E-state index is -3.08. The normalized spacial score (nSPS) is 22.2. The zero-order valence-electron chi connectivity index (χ0n) is 10.3. The molecule has 104 valence electrons. The molecule has 2 N–H and O–H groups in total. The standard InChI is InChI=1S/C10H18N2O5S/c1-2-12(6-9(13)14)10(15)11-8-4-3-5-18(16,17)7-8/h8H,2-7H2,1H3,(H,11,15)(H,13,14). The molecule has 0 aromatic carbocycles. The van der Waals surface area contributed by atoms with Gasteiger partial charge >= 0.3 is 12.0 Å². The number of likely N-dealkylation sites (N-methyl/N-ethyl adjacent to an activating group) is 1. The Balaban J connectivity index is 2.55. The van der Waals surface area contributed by atoms with Crippen LogP contribution in [0.1, 0.15) is 19.8 Å². The van der Waals surface area contributed by atoms with E-state index in [0.29, 0.717) is 12.8 Å². The topological polar surface area (TPSA) is 104 Å². The SMILES string of the molecule is CCN(CC(=O)O)C(=O)NC1CCCS(=O)(=O)C1. The zero-order valence-corrected chi connectivity index (χ0v) is 11.1. The summed E-state index contributed by atoms with van der Waals surface area (Å²) in [5.41, 5.74) is 0. The van der Waals surface area contributed by atoms with Gasteiger partial charge in [0.2, 0.25) is 0 Å². The van der Waals surface area contributed by atoms with Gasteiger partial charge in [-0.2, -0.15) is 0 Å². The molecule has 0 spiro atoms. The molecule has 0 bridgehead atoms. The summed E-state index contributed by atoms with van der Waals surface area (Å²) in [6.07, 6.45) is 1.13. The summed E-state index contributed by atoms with van der Waals surface area (Å²) >= 11 is 0. The zero-order chi connectivity index (χ0) is 13.8. The van der Waals surface area contributed by atoms with Crippen LogP contribution in [0.4, 0.5) is 4.79 Å². The third kappa shape index (κ3) is 4.52. The number of hydrogen-bond donors (Lipinski definition) is 2. The summed E-state index contributed by atoms with van der Waals surface area (Å²) in [6.45, 7) is 1.54. The average molecular weight is 278 g/mol. The number of nitrogens with one attached hydrogen (secondary N) is 1. The van der Waals surface area contributed by atoms with Crippen molar-refractivity contribution in [1.82, 2.24) is 10.2 Å². The Labute approximate surface area is 106 Å².